The second-order valence-corrected chi connectivity index (χ2v) is 6.77. The third-order valence-corrected chi connectivity index (χ3v) is 5.26. The molecule has 0 N–H and O–H groups in total. The largest absolute Gasteiger partial charge is 0.351 e. The molecule has 2 aromatic carbocycles. The summed E-state index contributed by atoms with van der Waals surface area (Å²) in [7, 11) is 2.07. The van der Waals surface area contributed by atoms with Gasteiger partial charge in [0.15, 0.2) is 0 Å². The zero-order valence-corrected chi connectivity index (χ0v) is 14.5. The first-order valence-electron chi connectivity index (χ1n) is 8.28. The molecule has 0 spiro atoms. The second-order valence-electron chi connectivity index (χ2n) is 6.37. The molecule has 0 radical (unpaired) electrons. The van der Waals surface area contributed by atoms with Crippen LogP contribution in [0, 0.1) is 0 Å². The quantitative estimate of drug-likeness (QED) is 0.464. The fourth-order valence-electron chi connectivity index (χ4n) is 3.60. The topological polar surface area (TPSA) is 22.2 Å². The summed E-state index contributed by atoms with van der Waals surface area (Å²) in [6.07, 6.45) is 4.16. The van der Waals surface area contributed by atoms with Crippen LogP contribution >= 0.6 is 11.6 Å². The van der Waals surface area contributed by atoms with Gasteiger partial charge in [0.25, 0.3) is 0 Å². The molecule has 3 heterocycles. The van der Waals surface area contributed by atoms with E-state index in [2.05, 4.69) is 71.0 Å². The Hall–Kier alpha value is -2.78. The lowest BCUT2D eigenvalue weighted by atomic mass is 10.1. The summed E-state index contributed by atoms with van der Waals surface area (Å²) >= 11 is 6.44. The van der Waals surface area contributed by atoms with Crippen LogP contribution in [0.3, 0.4) is 0 Å². The Bertz CT molecular complexity index is 1150. The number of fused-ring (bicyclic) bond motifs is 4. The number of aliphatic imine (C=N–C) groups is 1. The minimum Gasteiger partial charge on any atom is -0.351 e. The van der Waals surface area contributed by atoms with Crippen molar-refractivity contribution in [3.8, 4) is 5.69 Å². The van der Waals surface area contributed by atoms with Crippen molar-refractivity contribution in [1.29, 1.82) is 0 Å². The smallest absolute Gasteiger partial charge is 0.0891 e. The van der Waals surface area contributed by atoms with Crippen molar-refractivity contribution in [1.82, 2.24) is 9.13 Å². The van der Waals surface area contributed by atoms with Gasteiger partial charge in [-0.1, -0.05) is 29.8 Å². The monoisotopic (exact) mass is 345 g/mol. The number of benzene rings is 2. The Labute approximate surface area is 150 Å². The molecule has 0 unspecified atom stereocenters. The van der Waals surface area contributed by atoms with Gasteiger partial charge in [0.2, 0.25) is 0 Å². The van der Waals surface area contributed by atoms with E-state index < -0.39 is 0 Å². The van der Waals surface area contributed by atoms with Gasteiger partial charge >= 0.3 is 0 Å². The van der Waals surface area contributed by atoms with Crippen molar-refractivity contribution in [3.05, 3.63) is 88.8 Å². The predicted octanol–water partition coefficient (Wildman–Crippen LogP) is 4.97. The first-order valence-corrected chi connectivity index (χ1v) is 8.65. The van der Waals surface area contributed by atoms with Gasteiger partial charge in [0.05, 0.1) is 23.6 Å². The molecule has 4 aromatic rings. The summed E-state index contributed by atoms with van der Waals surface area (Å²) in [6, 6.07) is 18.8. The average Bonchev–Trinajstić information content (AvgIpc) is 3.20. The second kappa shape index (κ2) is 5.36. The Balaban J connectivity index is 1.74. The molecule has 1 aliphatic rings. The lowest BCUT2D eigenvalue weighted by Crippen LogP contribution is -2.08. The van der Waals surface area contributed by atoms with E-state index in [1.807, 2.05) is 12.1 Å². The zero-order chi connectivity index (χ0) is 17.0. The summed E-state index contributed by atoms with van der Waals surface area (Å²) < 4.78 is 4.32. The summed E-state index contributed by atoms with van der Waals surface area (Å²) in [4.78, 5) is 4.93. The molecular weight excluding hydrogens is 330 g/mol. The Morgan fingerprint density at radius 1 is 1.00 bits per heavy atom. The van der Waals surface area contributed by atoms with E-state index in [-0.39, 0.29) is 0 Å². The molecule has 0 aliphatic carbocycles. The number of nitrogens with zero attached hydrogens (tertiary/aromatic N) is 3. The van der Waals surface area contributed by atoms with Gasteiger partial charge in [0, 0.05) is 41.1 Å². The van der Waals surface area contributed by atoms with Gasteiger partial charge in [-0.15, -0.1) is 0 Å². The highest BCUT2D eigenvalue weighted by Gasteiger charge is 2.19. The van der Waals surface area contributed by atoms with Gasteiger partial charge < -0.3 is 9.13 Å². The summed E-state index contributed by atoms with van der Waals surface area (Å²) in [6.45, 7) is 0.581. The normalized spacial score (nSPS) is 13.3. The van der Waals surface area contributed by atoms with E-state index in [0.717, 1.165) is 33.2 Å². The number of hydrogen-bond acceptors (Lipinski definition) is 1. The number of aryl methyl sites for hydroxylation is 1. The van der Waals surface area contributed by atoms with E-state index in [9.17, 15) is 0 Å². The van der Waals surface area contributed by atoms with Gasteiger partial charge in [-0.05, 0) is 41.8 Å². The van der Waals surface area contributed by atoms with Crippen molar-refractivity contribution in [3.63, 3.8) is 0 Å². The van der Waals surface area contributed by atoms with Crippen molar-refractivity contribution < 1.29 is 0 Å². The summed E-state index contributed by atoms with van der Waals surface area (Å²) in [5, 5.41) is 2.00. The van der Waals surface area contributed by atoms with Crippen LogP contribution < -0.4 is 0 Å². The fraction of sp³-hybridized carbons (Fsp3) is 0.0952. The van der Waals surface area contributed by atoms with Crippen LogP contribution in [0.5, 0.6) is 0 Å². The van der Waals surface area contributed by atoms with Gasteiger partial charge in [-0.25, -0.2) is 0 Å². The molecule has 3 nitrogen and oxygen atoms in total. The Morgan fingerprint density at radius 2 is 1.92 bits per heavy atom. The number of halogens is 1. The van der Waals surface area contributed by atoms with E-state index in [4.69, 9.17) is 16.6 Å². The molecule has 0 fully saturated rings. The molecule has 122 valence electrons. The van der Waals surface area contributed by atoms with E-state index >= 15 is 0 Å². The maximum absolute atomic E-state index is 6.44. The number of hydrogen-bond donors (Lipinski definition) is 0. The molecule has 0 saturated heterocycles. The standard InChI is InChI=1S/C21H16ClN3/c1-24-11-9-14-7-8-15(12-20(14)24)21-19-6-3-10-25(19)18-5-2-4-17(22)16(18)13-23-21/h2-12H,13H2,1H3. The van der Waals surface area contributed by atoms with Crippen molar-refractivity contribution in [2.24, 2.45) is 12.0 Å². The Kier molecular flexibility index (Phi) is 3.12. The predicted molar refractivity (Wildman–Crippen MR) is 103 cm³/mol. The number of aromatic nitrogens is 2. The molecular formula is C21H16ClN3. The number of rotatable bonds is 1. The van der Waals surface area contributed by atoms with Crippen LogP contribution in [0.25, 0.3) is 16.6 Å². The molecule has 2 aromatic heterocycles. The zero-order valence-electron chi connectivity index (χ0n) is 13.8. The highest BCUT2D eigenvalue weighted by molar-refractivity contribution is 6.31. The summed E-state index contributed by atoms with van der Waals surface area (Å²) in [5.74, 6) is 0. The molecule has 0 saturated carbocycles. The van der Waals surface area contributed by atoms with Gasteiger partial charge in [-0.3, -0.25) is 4.99 Å². The highest BCUT2D eigenvalue weighted by atomic mass is 35.5. The van der Waals surface area contributed by atoms with E-state index in [1.165, 1.54) is 10.9 Å². The van der Waals surface area contributed by atoms with Crippen molar-refractivity contribution in [2.45, 2.75) is 6.54 Å². The maximum atomic E-state index is 6.44. The molecule has 0 atom stereocenters. The van der Waals surface area contributed by atoms with Crippen LogP contribution in [0.2, 0.25) is 5.02 Å². The average molecular weight is 346 g/mol. The third kappa shape index (κ3) is 2.16. The van der Waals surface area contributed by atoms with Crippen LogP contribution in [-0.2, 0) is 13.6 Å². The molecule has 25 heavy (non-hydrogen) atoms. The van der Waals surface area contributed by atoms with Gasteiger partial charge in [-0.2, -0.15) is 0 Å². The van der Waals surface area contributed by atoms with Crippen LogP contribution in [0.4, 0.5) is 0 Å². The van der Waals surface area contributed by atoms with Crippen LogP contribution in [0.1, 0.15) is 16.8 Å². The minimum absolute atomic E-state index is 0.581. The minimum atomic E-state index is 0.581. The molecule has 1 aliphatic heterocycles. The van der Waals surface area contributed by atoms with Gasteiger partial charge in [0.1, 0.15) is 0 Å². The van der Waals surface area contributed by atoms with E-state index in [1.54, 1.807) is 0 Å². The van der Waals surface area contributed by atoms with Crippen LogP contribution in [-0.4, -0.2) is 14.8 Å². The van der Waals surface area contributed by atoms with Crippen molar-refractivity contribution >= 4 is 28.2 Å². The lowest BCUT2D eigenvalue weighted by Gasteiger charge is -2.11. The fourth-order valence-corrected chi connectivity index (χ4v) is 3.83. The molecule has 0 bridgehead atoms. The molecule has 5 rings (SSSR count). The lowest BCUT2D eigenvalue weighted by molar-refractivity contribution is 0.969. The third-order valence-electron chi connectivity index (χ3n) is 4.90. The maximum Gasteiger partial charge on any atom is 0.0891 e. The van der Waals surface area contributed by atoms with Crippen LogP contribution in [0.15, 0.2) is 72.0 Å². The highest BCUT2D eigenvalue weighted by Crippen LogP contribution is 2.30. The first-order chi connectivity index (χ1) is 12.2. The molecule has 0 amide bonds. The Morgan fingerprint density at radius 3 is 2.84 bits per heavy atom. The van der Waals surface area contributed by atoms with Crippen molar-refractivity contribution in [2.75, 3.05) is 0 Å². The van der Waals surface area contributed by atoms with E-state index in [0.29, 0.717) is 6.54 Å². The SMILES string of the molecule is Cn1ccc2ccc(C3=NCc4c(Cl)cccc4-n4cccc43)cc21. The molecule has 4 heteroatoms. The summed E-state index contributed by atoms with van der Waals surface area (Å²) in [5.41, 5.74) is 6.59. The first kappa shape index (κ1) is 14.6.